The summed E-state index contributed by atoms with van der Waals surface area (Å²) in [6.45, 7) is 0.439. The molecule has 0 aliphatic heterocycles. The van der Waals surface area contributed by atoms with Gasteiger partial charge in [-0.25, -0.2) is 4.98 Å². The molecule has 0 aliphatic rings. The van der Waals surface area contributed by atoms with Crippen molar-refractivity contribution < 1.29 is 4.42 Å². The lowest BCUT2D eigenvalue weighted by Gasteiger charge is -2.01. The van der Waals surface area contributed by atoms with Gasteiger partial charge in [0.05, 0.1) is 10.6 Å². The molecule has 0 spiro atoms. The van der Waals surface area contributed by atoms with Crippen molar-refractivity contribution in [2.24, 2.45) is 5.84 Å². The molecule has 1 aromatic heterocycles. The number of oxazole rings is 1. The van der Waals surface area contributed by atoms with Gasteiger partial charge >= 0.3 is 0 Å². The molecule has 0 saturated carbocycles. The molecule has 102 valence electrons. The van der Waals surface area contributed by atoms with Crippen LogP contribution in [-0.2, 0) is 6.54 Å². The topological polar surface area (TPSA) is 64.1 Å². The first-order chi connectivity index (χ1) is 9.69. The normalized spacial score (nSPS) is 11.2. The lowest BCUT2D eigenvalue weighted by atomic mass is 10.2. The fraction of sp³-hybridized carbons (Fsp3) is 0.0714. The zero-order valence-electron chi connectivity index (χ0n) is 10.4. The maximum absolute atomic E-state index is 6.16. The van der Waals surface area contributed by atoms with Crippen LogP contribution in [0.2, 0.25) is 10.0 Å². The minimum atomic E-state index is 0.439. The number of fused-ring (bicyclic) bond motifs is 1. The monoisotopic (exact) mass is 307 g/mol. The molecule has 0 aliphatic carbocycles. The van der Waals surface area contributed by atoms with E-state index >= 15 is 0 Å². The van der Waals surface area contributed by atoms with Gasteiger partial charge in [0.1, 0.15) is 5.52 Å². The summed E-state index contributed by atoms with van der Waals surface area (Å²) in [5.41, 5.74) is 5.52. The van der Waals surface area contributed by atoms with Crippen LogP contribution in [0.5, 0.6) is 0 Å². The summed E-state index contributed by atoms with van der Waals surface area (Å²) in [6.07, 6.45) is 0. The Hall–Kier alpha value is -1.59. The number of hydrazine groups is 1. The number of hydrogen-bond donors (Lipinski definition) is 2. The van der Waals surface area contributed by atoms with E-state index in [1.807, 2.05) is 18.2 Å². The van der Waals surface area contributed by atoms with Crippen molar-refractivity contribution in [1.29, 1.82) is 0 Å². The van der Waals surface area contributed by atoms with Crippen molar-refractivity contribution in [1.82, 2.24) is 10.4 Å². The van der Waals surface area contributed by atoms with Crippen LogP contribution in [-0.4, -0.2) is 4.98 Å². The Bertz CT molecular complexity index is 770. The summed E-state index contributed by atoms with van der Waals surface area (Å²) in [5, 5.41) is 1.17. The molecule has 0 radical (unpaired) electrons. The van der Waals surface area contributed by atoms with E-state index in [2.05, 4.69) is 10.4 Å². The van der Waals surface area contributed by atoms with Crippen LogP contribution < -0.4 is 11.3 Å². The highest BCUT2D eigenvalue weighted by Gasteiger charge is 2.14. The van der Waals surface area contributed by atoms with Crippen LogP contribution in [0.4, 0.5) is 0 Å². The van der Waals surface area contributed by atoms with E-state index in [9.17, 15) is 0 Å². The molecule has 0 saturated heterocycles. The molecule has 3 rings (SSSR count). The SMILES string of the molecule is NNCc1cc(Cl)cc2nc(-c3ccccc3Cl)oc12. The first-order valence-electron chi connectivity index (χ1n) is 5.96. The maximum atomic E-state index is 6.16. The molecule has 4 nitrogen and oxygen atoms in total. The molecule has 2 aromatic carbocycles. The van der Waals surface area contributed by atoms with Gasteiger partial charge in [0.15, 0.2) is 5.58 Å². The fourth-order valence-corrected chi connectivity index (χ4v) is 2.51. The molecule has 1 heterocycles. The molecule has 6 heteroatoms. The molecule has 0 bridgehead atoms. The van der Waals surface area contributed by atoms with Gasteiger partial charge in [-0.1, -0.05) is 35.3 Å². The first kappa shape index (κ1) is 13.4. The molecular formula is C14H11Cl2N3O. The van der Waals surface area contributed by atoms with Crippen molar-refractivity contribution in [2.45, 2.75) is 6.54 Å². The lowest BCUT2D eigenvalue weighted by Crippen LogP contribution is -2.20. The number of nitrogens with two attached hydrogens (primary N) is 1. The second kappa shape index (κ2) is 5.42. The van der Waals surface area contributed by atoms with E-state index in [4.69, 9.17) is 33.5 Å². The molecule has 0 fully saturated rings. The van der Waals surface area contributed by atoms with Crippen molar-refractivity contribution in [3.8, 4) is 11.5 Å². The van der Waals surface area contributed by atoms with Crippen molar-refractivity contribution in [3.05, 3.63) is 52.0 Å². The van der Waals surface area contributed by atoms with Crippen LogP contribution in [0.3, 0.4) is 0 Å². The number of benzene rings is 2. The molecule has 3 N–H and O–H groups in total. The van der Waals surface area contributed by atoms with E-state index in [0.29, 0.717) is 33.6 Å². The molecule has 0 amide bonds. The third-order valence-electron chi connectivity index (χ3n) is 2.93. The van der Waals surface area contributed by atoms with Gasteiger partial charge in [0.2, 0.25) is 5.89 Å². The summed E-state index contributed by atoms with van der Waals surface area (Å²) in [6, 6.07) is 10.9. The van der Waals surface area contributed by atoms with Crippen molar-refractivity contribution in [2.75, 3.05) is 0 Å². The highest BCUT2D eigenvalue weighted by atomic mass is 35.5. The molecule has 20 heavy (non-hydrogen) atoms. The summed E-state index contributed by atoms with van der Waals surface area (Å²) in [5.74, 6) is 5.83. The Morgan fingerprint density at radius 3 is 2.75 bits per heavy atom. The van der Waals surface area contributed by atoms with Gasteiger partial charge < -0.3 is 4.42 Å². The average Bonchev–Trinajstić information content (AvgIpc) is 2.83. The number of nitrogens with one attached hydrogen (secondary N) is 1. The van der Waals surface area contributed by atoms with E-state index < -0.39 is 0 Å². The largest absolute Gasteiger partial charge is 0.436 e. The summed E-state index contributed by atoms with van der Waals surface area (Å²) in [4.78, 5) is 4.44. The lowest BCUT2D eigenvalue weighted by molar-refractivity contribution is 0.610. The van der Waals surface area contributed by atoms with E-state index in [1.165, 1.54) is 0 Å². The molecular weight excluding hydrogens is 297 g/mol. The van der Waals surface area contributed by atoms with E-state index in [1.54, 1.807) is 18.2 Å². The number of nitrogens with zero attached hydrogens (tertiary/aromatic N) is 1. The van der Waals surface area contributed by atoms with Gasteiger partial charge in [-0.2, -0.15) is 0 Å². The zero-order chi connectivity index (χ0) is 14.1. The number of halogens is 2. The van der Waals surface area contributed by atoms with Crippen LogP contribution in [0.1, 0.15) is 5.56 Å². The zero-order valence-corrected chi connectivity index (χ0v) is 11.9. The molecule has 0 unspecified atom stereocenters. The summed E-state index contributed by atoms with van der Waals surface area (Å²) >= 11 is 12.2. The first-order valence-corrected chi connectivity index (χ1v) is 6.72. The standard InChI is InChI=1S/C14H11Cl2N3O/c15-9-5-8(7-18-17)13-12(6-9)19-14(20-13)10-3-1-2-4-11(10)16/h1-6,18H,7,17H2. The second-order valence-corrected chi connectivity index (χ2v) is 5.14. The Morgan fingerprint density at radius 2 is 2.00 bits per heavy atom. The Balaban J connectivity index is 2.20. The van der Waals surface area contributed by atoms with Crippen molar-refractivity contribution in [3.63, 3.8) is 0 Å². The van der Waals surface area contributed by atoms with E-state index in [-0.39, 0.29) is 0 Å². The van der Waals surface area contributed by atoms with Crippen LogP contribution in [0, 0.1) is 0 Å². The third-order valence-corrected chi connectivity index (χ3v) is 3.48. The molecule has 0 atom stereocenters. The smallest absolute Gasteiger partial charge is 0.228 e. The maximum Gasteiger partial charge on any atom is 0.228 e. The average molecular weight is 308 g/mol. The quantitative estimate of drug-likeness (QED) is 0.571. The predicted octanol–water partition coefficient (Wildman–Crippen LogP) is 3.76. The second-order valence-electron chi connectivity index (χ2n) is 4.29. The van der Waals surface area contributed by atoms with Crippen LogP contribution in [0.15, 0.2) is 40.8 Å². The minimum absolute atomic E-state index is 0.439. The summed E-state index contributed by atoms with van der Waals surface area (Å²) in [7, 11) is 0. The highest BCUT2D eigenvalue weighted by molar-refractivity contribution is 6.33. The van der Waals surface area contributed by atoms with Gasteiger partial charge in [0.25, 0.3) is 0 Å². The third kappa shape index (κ3) is 2.39. The van der Waals surface area contributed by atoms with Gasteiger partial charge in [0, 0.05) is 17.1 Å². The fourth-order valence-electron chi connectivity index (χ4n) is 2.06. The van der Waals surface area contributed by atoms with E-state index in [0.717, 1.165) is 11.1 Å². The Kier molecular flexibility index (Phi) is 3.63. The number of rotatable bonds is 3. The van der Waals surface area contributed by atoms with Crippen LogP contribution in [0.25, 0.3) is 22.6 Å². The minimum Gasteiger partial charge on any atom is -0.436 e. The van der Waals surface area contributed by atoms with Crippen molar-refractivity contribution >= 4 is 34.3 Å². The highest BCUT2D eigenvalue weighted by Crippen LogP contribution is 2.32. The number of aromatic nitrogens is 1. The Labute approximate surface area is 125 Å². The summed E-state index contributed by atoms with van der Waals surface area (Å²) < 4.78 is 5.82. The van der Waals surface area contributed by atoms with Gasteiger partial charge in [-0.05, 0) is 24.3 Å². The molecule has 3 aromatic rings. The van der Waals surface area contributed by atoms with Gasteiger partial charge in [-0.3, -0.25) is 11.3 Å². The van der Waals surface area contributed by atoms with Crippen LogP contribution >= 0.6 is 23.2 Å². The Morgan fingerprint density at radius 1 is 1.20 bits per heavy atom. The predicted molar refractivity (Wildman–Crippen MR) is 80.5 cm³/mol. The number of hydrogen-bond acceptors (Lipinski definition) is 4. The van der Waals surface area contributed by atoms with Gasteiger partial charge in [-0.15, -0.1) is 0 Å².